The summed E-state index contributed by atoms with van der Waals surface area (Å²) in [6, 6.07) is 8.05. The van der Waals surface area contributed by atoms with Gasteiger partial charge in [-0.05, 0) is 25.0 Å². The zero-order valence-electron chi connectivity index (χ0n) is 15.9. The summed E-state index contributed by atoms with van der Waals surface area (Å²) in [7, 11) is 1.26. The number of fused-ring (bicyclic) bond motifs is 1. The third kappa shape index (κ3) is 5.03. The lowest BCUT2D eigenvalue weighted by atomic mass is 9.99. The molecule has 0 saturated carbocycles. The van der Waals surface area contributed by atoms with Gasteiger partial charge in [-0.3, -0.25) is 9.78 Å². The molecular weight excluding hydrogens is 348 g/mol. The predicted molar refractivity (Wildman–Crippen MR) is 100 cm³/mol. The van der Waals surface area contributed by atoms with Crippen molar-refractivity contribution in [2.45, 2.75) is 33.2 Å². The number of hydrogen-bond donors (Lipinski definition) is 1. The molecule has 2 atom stereocenters. The van der Waals surface area contributed by atoms with Gasteiger partial charge >= 0.3 is 11.9 Å². The summed E-state index contributed by atoms with van der Waals surface area (Å²) in [6.07, 6.45) is 0.683. The second-order valence-electron chi connectivity index (χ2n) is 6.36. The minimum Gasteiger partial charge on any atom is -0.467 e. The van der Waals surface area contributed by atoms with Gasteiger partial charge in [-0.1, -0.05) is 38.5 Å². The summed E-state index contributed by atoms with van der Waals surface area (Å²) in [6.45, 7) is 5.03. The van der Waals surface area contributed by atoms with Crippen LogP contribution in [0.3, 0.4) is 0 Å². The van der Waals surface area contributed by atoms with E-state index >= 15 is 0 Å². The maximum absolute atomic E-state index is 12.5. The zero-order valence-corrected chi connectivity index (χ0v) is 15.9. The number of para-hydroxylation sites is 1. The van der Waals surface area contributed by atoms with Gasteiger partial charge in [0, 0.05) is 11.1 Å². The van der Waals surface area contributed by atoms with E-state index in [1.165, 1.54) is 7.11 Å². The molecular formula is C20H24N2O5. The molecule has 144 valence electrons. The van der Waals surface area contributed by atoms with E-state index in [4.69, 9.17) is 9.47 Å². The predicted octanol–water partition coefficient (Wildman–Crippen LogP) is 2.40. The van der Waals surface area contributed by atoms with Gasteiger partial charge in [-0.25, -0.2) is 9.59 Å². The van der Waals surface area contributed by atoms with E-state index in [2.05, 4.69) is 10.3 Å². The van der Waals surface area contributed by atoms with Crippen molar-refractivity contribution in [1.29, 1.82) is 0 Å². The summed E-state index contributed by atoms with van der Waals surface area (Å²) >= 11 is 0. The number of ether oxygens (including phenoxy) is 2. The van der Waals surface area contributed by atoms with Crippen LogP contribution in [0.25, 0.3) is 10.9 Å². The molecule has 2 aromatic rings. The fourth-order valence-electron chi connectivity index (χ4n) is 2.70. The number of rotatable bonds is 7. The van der Waals surface area contributed by atoms with Crippen LogP contribution < -0.4 is 5.32 Å². The number of pyridine rings is 1. The van der Waals surface area contributed by atoms with Crippen molar-refractivity contribution in [3.05, 3.63) is 41.6 Å². The molecule has 1 aromatic heterocycles. The summed E-state index contributed by atoms with van der Waals surface area (Å²) in [5.41, 5.74) is 1.70. The monoisotopic (exact) mass is 372 g/mol. The highest BCUT2D eigenvalue weighted by atomic mass is 16.5. The third-order valence-corrected chi connectivity index (χ3v) is 4.38. The Kier molecular flexibility index (Phi) is 6.87. The molecule has 1 aromatic carbocycles. The normalized spacial score (nSPS) is 12.9. The fourth-order valence-corrected chi connectivity index (χ4v) is 2.70. The number of carbonyl (C=O) groups is 3. The Bertz CT molecular complexity index is 849. The summed E-state index contributed by atoms with van der Waals surface area (Å²) < 4.78 is 9.87. The number of aryl methyl sites for hydroxylation is 1. The van der Waals surface area contributed by atoms with Crippen molar-refractivity contribution in [3.8, 4) is 0 Å². The number of nitrogens with zero attached hydrogens (tertiary/aromatic N) is 1. The lowest BCUT2D eigenvalue weighted by molar-refractivity contribution is -0.147. The van der Waals surface area contributed by atoms with Crippen LogP contribution in [0, 0.1) is 12.8 Å². The number of amides is 1. The SMILES string of the molecule is CCC(C)C(NC(=O)COC(=O)c1cc(C)nc2ccccc12)C(=O)OC. The van der Waals surface area contributed by atoms with Crippen LogP contribution >= 0.6 is 0 Å². The second kappa shape index (κ2) is 9.12. The molecule has 0 bridgehead atoms. The highest BCUT2D eigenvalue weighted by Crippen LogP contribution is 2.19. The van der Waals surface area contributed by atoms with Gasteiger partial charge in [-0.15, -0.1) is 0 Å². The van der Waals surface area contributed by atoms with Gasteiger partial charge in [0.1, 0.15) is 6.04 Å². The first-order valence-electron chi connectivity index (χ1n) is 8.78. The van der Waals surface area contributed by atoms with Crippen molar-refractivity contribution < 1.29 is 23.9 Å². The molecule has 27 heavy (non-hydrogen) atoms. The standard InChI is InChI=1S/C20H24N2O5/c1-5-12(2)18(20(25)26-4)22-17(23)11-27-19(24)15-10-13(3)21-16-9-7-6-8-14(15)16/h6-10,12,18H,5,11H2,1-4H3,(H,22,23). The highest BCUT2D eigenvalue weighted by molar-refractivity contribution is 6.04. The van der Waals surface area contributed by atoms with E-state index in [0.717, 1.165) is 0 Å². The van der Waals surface area contributed by atoms with Crippen molar-refractivity contribution in [2.24, 2.45) is 5.92 Å². The lowest BCUT2D eigenvalue weighted by Crippen LogP contribution is -2.47. The second-order valence-corrected chi connectivity index (χ2v) is 6.36. The Labute approximate surface area is 158 Å². The molecule has 0 aliphatic heterocycles. The van der Waals surface area contributed by atoms with Crippen molar-refractivity contribution in [2.75, 3.05) is 13.7 Å². The number of benzene rings is 1. The zero-order chi connectivity index (χ0) is 20.0. The molecule has 7 heteroatoms. The smallest absolute Gasteiger partial charge is 0.339 e. The number of methoxy groups -OCH3 is 1. The molecule has 1 N–H and O–H groups in total. The summed E-state index contributed by atoms with van der Waals surface area (Å²) in [5, 5.41) is 3.22. The molecule has 0 aliphatic rings. The maximum Gasteiger partial charge on any atom is 0.339 e. The van der Waals surface area contributed by atoms with E-state index in [9.17, 15) is 14.4 Å². The van der Waals surface area contributed by atoms with Crippen LogP contribution in [-0.4, -0.2) is 42.6 Å². The molecule has 0 fully saturated rings. The summed E-state index contributed by atoms with van der Waals surface area (Å²) in [4.78, 5) is 40.8. The molecule has 7 nitrogen and oxygen atoms in total. The number of hydrogen-bond acceptors (Lipinski definition) is 6. The van der Waals surface area contributed by atoms with Gasteiger partial charge in [0.05, 0.1) is 18.2 Å². The van der Waals surface area contributed by atoms with Crippen LogP contribution in [0.15, 0.2) is 30.3 Å². The number of nitrogens with one attached hydrogen (secondary N) is 1. The Morgan fingerprint density at radius 3 is 2.59 bits per heavy atom. The first kappa shape index (κ1) is 20.4. The average Bonchev–Trinajstić information content (AvgIpc) is 2.68. The lowest BCUT2D eigenvalue weighted by Gasteiger charge is -2.21. The number of carbonyl (C=O) groups excluding carboxylic acids is 3. The molecule has 2 unspecified atom stereocenters. The topological polar surface area (TPSA) is 94.6 Å². The Morgan fingerprint density at radius 2 is 1.93 bits per heavy atom. The first-order chi connectivity index (χ1) is 12.9. The Morgan fingerprint density at radius 1 is 1.22 bits per heavy atom. The van der Waals surface area contributed by atoms with E-state index < -0.39 is 30.5 Å². The minimum absolute atomic E-state index is 0.108. The quantitative estimate of drug-likeness (QED) is 0.750. The Hall–Kier alpha value is -2.96. The Balaban J connectivity index is 2.07. The molecule has 2 rings (SSSR count). The van der Waals surface area contributed by atoms with Gasteiger partial charge < -0.3 is 14.8 Å². The van der Waals surface area contributed by atoms with Crippen LogP contribution in [0.1, 0.15) is 36.3 Å². The fraction of sp³-hybridized carbons (Fsp3) is 0.400. The molecule has 1 heterocycles. The summed E-state index contributed by atoms with van der Waals surface area (Å²) in [5.74, 6) is -1.82. The van der Waals surface area contributed by atoms with E-state index in [1.807, 2.05) is 19.9 Å². The van der Waals surface area contributed by atoms with Gasteiger partial charge in [0.25, 0.3) is 5.91 Å². The minimum atomic E-state index is -0.782. The average molecular weight is 372 g/mol. The third-order valence-electron chi connectivity index (χ3n) is 4.38. The van der Waals surface area contributed by atoms with E-state index in [1.54, 1.807) is 31.2 Å². The largest absolute Gasteiger partial charge is 0.467 e. The van der Waals surface area contributed by atoms with Gasteiger partial charge in [0.15, 0.2) is 6.61 Å². The van der Waals surface area contributed by atoms with Gasteiger partial charge in [-0.2, -0.15) is 0 Å². The number of esters is 2. The van der Waals surface area contributed by atoms with Crippen molar-refractivity contribution in [1.82, 2.24) is 10.3 Å². The molecule has 1 amide bonds. The van der Waals surface area contributed by atoms with E-state index in [0.29, 0.717) is 28.6 Å². The van der Waals surface area contributed by atoms with Crippen molar-refractivity contribution in [3.63, 3.8) is 0 Å². The van der Waals surface area contributed by atoms with Crippen LogP contribution in [0.2, 0.25) is 0 Å². The van der Waals surface area contributed by atoms with Crippen molar-refractivity contribution >= 4 is 28.7 Å². The molecule has 0 aliphatic carbocycles. The van der Waals surface area contributed by atoms with Crippen LogP contribution in [0.5, 0.6) is 0 Å². The maximum atomic E-state index is 12.5. The number of aromatic nitrogens is 1. The van der Waals surface area contributed by atoms with E-state index in [-0.39, 0.29) is 5.92 Å². The van der Waals surface area contributed by atoms with Crippen LogP contribution in [-0.2, 0) is 19.1 Å². The molecule has 0 spiro atoms. The first-order valence-corrected chi connectivity index (χ1v) is 8.78. The highest BCUT2D eigenvalue weighted by Gasteiger charge is 2.27. The van der Waals surface area contributed by atoms with Gasteiger partial charge in [0.2, 0.25) is 0 Å². The molecule has 0 saturated heterocycles. The van der Waals surface area contributed by atoms with Crippen LogP contribution in [0.4, 0.5) is 0 Å². The molecule has 0 radical (unpaired) electrons.